The van der Waals surface area contributed by atoms with Gasteiger partial charge >= 0.3 is 0 Å². The molecule has 0 radical (unpaired) electrons. The van der Waals surface area contributed by atoms with E-state index in [1.165, 1.54) is 19.3 Å². The van der Waals surface area contributed by atoms with E-state index in [0.29, 0.717) is 29.2 Å². The van der Waals surface area contributed by atoms with Crippen molar-refractivity contribution < 1.29 is 13.9 Å². The Bertz CT molecular complexity index is 1090. The van der Waals surface area contributed by atoms with Gasteiger partial charge in [0.05, 0.1) is 36.6 Å². The second-order valence-electron chi connectivity index (χ2n) is 9.52. The van der Waals surface area contributed by atoms with Crippen molar-refractivity contribution in [3.05, 3.63) is 36.2 Å². The highest BCUT2D eigenvalue weighted by atomic mass is 16.5. The van der Waals surface area contributed by atoms with Gasteiger partial charge < -0.3 is 14.5 Å². The molecule has 3 aromatic heterocycles. The highest BCUT2D eigenvalue weighted by molar-refractivity contribution is 6.06. The van der Waals surface area contributed by atoms with Crippen LogP contribution in [-0.4, -0.2) is 64.0 Å². The van der Waals surface area contributed by atoms with Gasteiger partial charge in [-0.15, -0.1) is 0 Å². The number of furan rings is 1. The van der Waals surface area contributed by atoms with E-state index in [9.17, 15) is 4.79 Å². The zero-order valence-corrected chi connectivity index (χ0v) is 19.5. The number of hydrogen-bond donors (Lipinski definition) is 1. The normalized spacial score (nSPS) is 19.2. The predicted octanol–water partition coefficient (Wildman–Crippen LogP) is 4.04. The number of fused-ring (bicyclic) bond motifs is 1. The zero-order valence-electron chi connectivity index (χ0n) is 19.5. The van der Waals surface area contributed by atoms with E-state index >= 15 is 0 Å². The molecular formula is C25H33N5O3. The van der Waals surface area contributed by atoms with Crippen LogP contribution in [0.15, 0.2) is 35.1 Å². The third-order valence-corrected chi connectivity index (χ3v) is 7.12. The fourth-order valence-electron chi connectivity index (χ4n) is 5.33. The Labute approximate surface area is 194 Å². The molecule has 0 unspecified atom stereocenters. The summed E-state index contributed by atoms with van der Waals surface area (Å²) in [6, 6.07) is 5.65. The second kappa shape index (κ2) is 9.27. The predicted molar refractivity (Wildman–Crippen MR) is 126 cm³/mol. The van der Waals surface area contributed by atoms with Crippen molar-refractivity contribution in [1.82, 2.24) is 25.0 Å². The second-order valence-corrected chi connectivity index (χ2v) is 9.52. The molecule has 1 amide bonds. The first-order chi connectivity index (χ1) is 16.1. The molecule has 8 heteroatoms. The quantitative estimate of drug-likeness (QED) is 0.609. The molecule has 3 aromatic rings. The van der Waals surface area contributed by atoms with E-state index < -0.39 is 0 Å². The van der Waals surface area contributed by atoms with Gasteiger partial charge in [0.15, 0.2) is 11.4 Å². The Kier molecular flexibility index (Phi) is 6.21. The fraction of sp³-hybridized carbons (Fsp3) is 0.560. The first-order valence-electron chi connectivity index (χ1n) is 12.1. The summed E-state index contributed by atoms with van der Waals surface area (Å²) in [6.07, 6.45) is 9.28. The molecule has 2 aliphatic rings. The average Bonchev–Trinajstić information content (AvgIpc) is 3.53. The number of nitrogens with one attached hydrogen (secondary N) is 1. The molecule has 1 aliphatic heterocycles. The molecule has 33 heavy (non-hydrogen) atoms. The summed E-state index contributed by atoms with van der Waals surface area (Å²) in [4.78, 5) is 20.9. The minimum atomic E-state index is -0.0864. The lowest BCUT2D eigenvalue weighted by Gasteiger charge is -2.48. The number of ether oxygens (including phenoxy) is 1. The molecule has 0 bridgehead atoms. The van der Waals surface area contributed by atoms with Crippen molar-refractivity contribution in [3.63, 3.8) is 0 Å². The standard InChI is InChI=1S/C25H33N5O3/c1-18(2)30-23-20(16-27-30)19(15-21(28-23)22-7-6-12-33-22)24(31)26-17-25(8-4-3-5-9-25)29-10-13-32-14-11-29/h6-7,12,15-16,18H,3-5,8-11,13-14,17H2,1-2H3,(H,26,31). The summed E-state index contributed by atoms with van der Waals surface area (Å²) < 4.78 is 13.0. The number of amides is 1. The van der Waals surface area contributed by atoms with Crippen LogP contribution < -0.4 is 5.32 Å². The molecule has 0 spiro atoms. The minimum Gasteiger partial charge on any atom is -0.463 e. The van der Waals surface area contributed by atoms with Crippen LogP contribution in [-0.2, 0) is 4.74 Å². The van der Waals surface area contributed by atoms with Crippen LogP contribution in [0.4, 0.5) is 0 Å². The van der Waals surface area contributed by atoms with Crippen LogP contribution in [0.1, 0.15) is 62.4 Å². The molecule has 8 nitrogen and oxygen atoms in total. The molecule has 4 heterocycles. The van der Waals surface area contributed by atoms with E-state index in [-0.39, 0.29) is 17.5 Å². The SMILES string of the molecule is CC(C)n1ncc2c(C(=O)NCC3(N4CCOCC4)CCCCC3)cc(-c3ccco3)nc21. The highest BCUT2D eigenvalue weighted by Crippen LogP contribution is 2.34. The van der Waals surface area contributed by atoms with Gasteiger partial charge in [0.25, 0.3) is 5.91 Å². The average molecular weight is 452 g/mol. The molecule has 1 aliphatic carbocycles. The first kappa shape index (κ1) is 22.1. The van der Waals surface area contributed by atoms with E-state index in [2.05, 4.69) is 29.2 Å². The van der Waals surface area contributed by atoms with Crippen LogP contribution in [0.25, 0.3) is 22.5 Å². The molecule has 5 rings (SSSR count). The third kappa shape index (κ3) is 4.29. The van der Waals surface area contributed by atoms with Crippen molar-refractivity contribution in [2.75, 3.05) is 32.8 Å². The molecule has 176 valence electrons. The molecule has 0 aromatic carbocycles. The van der Waals surface area contributed by atoms with Gasteiger partial charge in [0.2, 0.25) is 0 Å². The van der Waals surface area contributed by atoms with Gasteiger partial charge in [-0.2, -0.15) is 5.10 Å². The summed E-state index contributed by atoms with van der Waals surface area (Å²) >= 11 is 0. The summed E-state index contributed by atoms with van der Waals surface area (Å²) in [5.74, 6) is 0.552. The number of morpholine rings is 1. The third-order valence-electron chi connectivity index (χ3n) is 7.12. The molecule has 2 fully saturated rings. The summed E-state index contributed by atoms with van der Waals surface area (Å²) in [7, 11) is 0. The smallest absolute Gasteiger partial charge is 0.252 e. The van der Waals surface area contributed by atoms with Crippen LogP contribution in [0.5, 0.6) is 0 Å². The van der Waals surface area contributed by atoms with Gasteiger partial charge in [-0.1, -0.05) is 19.3 Å². The van der Waals surface area contributed by atoms with E-state index in [1.807, 2.05) is 22.9 Å². The van der Waals surface area contributed by atoms with Gasteiger partial charge in [-0.3, -0.25) is 9.69 Å². The lowest BCUT2D eigenvalue weighted by molar-refractivity contribution is -0.0361. The topological polar surface area (TPSA) is 85.4 Å². The Hall–Kier alpha value is -2.71. The number of pyridine rings is 1. The molecule has 0 atom stereocenters. The molecule has 1 saturated carbocycles. The highest BCUT2D eigenvalue weighted by Gasteiger charge is 2.39. The maximum Gasteiger partial charge on any atom is 0.252 e. The van der Waals surface area contributed by atoms with Crippen LogP contribution >= 0.6 is 0 Å². The number of carbonyl (C=O) groups excluding carboxylic acids is 1. The van der Waals surface area contributed by atoms with Gasteiger partial charge in [-0.25, -0.2) is 9.67 Å². The lowest BCUT2D eigenvalue weighted by Crippen LogP contribution is -2.59. The number of aromatic nitrogens is 3. The zero-order chi connectivity index (χ0) is 22.8. The maximum absolute atomic E-state index is 13.6. The van der Waals surface area contributed by atoms with Crippen molar-refractivity contribution in [2.45, 2.75) is 57.5 Å². The minimum absolute atomic E-state index is 0.00971. The Morgan fingerprint density at radius 1 is 1.21 bits per heavy atom. The monoisotopic (exact) mass is 451 g/mol. The van der Waals surface area contributed by atoms with E-state index in [0.717, 1.165) is 44.5 Å². The lowest BCUT2D eigenvalue weighted by atomic mass is 9.79. The largest absolute Gasteiger partial charge is 0.463 e. The Balaban J connectivity index is 1.46. The van der Waals surface area contributed by atoms with Crippen molar-refractivity contribution in [2.24, 2.45) is 0 Å². The maximum atomic E-state index is 13.6. The van der Waals surface area contributed by atoms with Crippen molar-refractivity contribution in [3.8, 4) is 11.5 Å². The molecule has 1 saturated heterocycles. The van der Waals surface area contributed by atoms with Crippen LogP contribution in [0.2, 0.25) is 0 Å². The number of hydrogen-bond acceptors (Lipinski definition) is 6. The van der Waals surface area contributed by atoms with E-state index in [4.69, 9.17) is 14.1 Å². The number of rotatable bonds is 6. The van der Waals surface area contributed by atoms with E-state index in [1.54, 1.807) is 12.5 Å². The number of carbonyl (C=O) groups is 1. The molecular weight excluding hydrogens is 418 g/mol. The first-order valence-corrected chi connectivity index (χ1v) is 12.1. The number of nitrogens with zero attached hydrogens (tertiary/aromatic N) is 4. The van der Waals surface area contributed by atoms with Gasteiger partial charge in [-0.05, 0) is 44.9 Å². The Morgan fingerprint density at radius 2 is 2.00 bits per heavy atom. The van der Waals surface area contributed by atoms with Crippen molar-refractivity contribution >= 4 is 16.9 Å². The summed E-state index contributed by atoms with van der Waals surface area (Å²) in [5.41, 5.74) is 1.94. The van der Waals surface area contributed by atoms with Gasteiger partial charge in [0.1, 0.15) is 5.69 Å². The van der Waals surface area contributed by atoms with Crippen LogP contribution in [0.3, 0.4) is 0 Å². The fourth-order valence-corrected chi connectivity index (χ4v) is 5.33. The summed E-state index contributed by atoms with van der Waals surface area (Å²) in [6.45, 7) is 8.15. The van der Waals surface area contributed by atoms with Crippen molar-refractivity contribution in [1.29, 1.82) is 0 Å². The summed E-state index contributed by atoms with van der Waals surface area (Å²) in [5, 5.41) is 8.58. The molecule has 1 N–H and O–H groups in total. The van der Waals surface area contributed by atoms with Crippen LogP contribution in [0, 0.1) is 0 Å². The Morgan fingerprint density at radius 3 is 2.70 bits per heavy atom. The van der Waals surface area contributed by atoms with Gasteiger partial charge in [0, 0.05) is 31.2 Å².